The Morgan fingerprint density at radius 3 is 2.96 bits per heavy atom. The number of hydrogen-bond acceptors (Lipinski definition) is 4. The standard InChI is InChI=1S/C19H25BrN4O3/c1-4-11(2)16(23-19(26)27-3)18(25)24-9-5-6-15(24)17-21-13-8-7-12(20)10-14(13)22-17/h7-8,10-11,15-16H,4-6,9H2,1-3H3,(H,21,22)(H,23,26)/t11-,15+,16+/m0/s1. The van der Waals surface area contributed by atoms with Crippen molar-refractivity contribution in [2.45, 2.75) is 45.2 Å². The summed E-state index contributed by atoms with van der Waals surface area (Å²) < 4.78 is 5.68. The topological polar surface area (TPSA) is 87.3 Å². The zero-order valence-electron chi connectivity index (χ0n) is 15.8. The predicted molar refractivity (Wildman–Crippen MR) is 106 cm³/mol. The lowest BCUT2D eigenvalue weighted by molar-refractivity contribution is -0.135. The third kappa shape index (κ3) is 4.10. The average molecular weight is 437 g/mol. The number of rotatable bonds is 5. The molecule has 2 heterocycles. The molecule has 2 aromatic rings. The fraction of sp³-hybridized carbons (Fsp3) is 0.526. The van der Waals surface area contributed by atoms with E-state index in [1.165, 1.54) is 7.11 Å². The minimum atomic E-state index is -0.610. The highest BCUT2D eigenvalue weighted by Gasteiger charge is 2.38. The highest BCUT2D eigenvalue weighted by molar-refractivity contribution is 9.10. The molecule has 2 N–H and O–H groups in total. The van der Waals surface area contributed by atoms with Crippen LogP contribution in [0, 0.1) is 5.92 Å². The maximum absolute atomic E-state index is 13.3. The Hall–Kier alpha value is -2.09. The Morgan fingerprint density at radius 1 is 1.48 bits per heavy atom. The van der Waals surface area contributed by atoms with Crippen LogP contribution in [0.15, 0.2) is 22.7 Å². The Balaban J connectivity index is 1.86. The Bertz CT molecular complexity index is 837. The third-order valence-electron chi connectivity index (χ3n) is 5.25. The zero-order chi connectivity index (χ0) is 19.6. The normalized spacial score (nSPS) is 19.1. The number of nitrogens with one attached hydrogen (secondary N) is 2. The van der Waals surface area contributed by atoms with Gasteiger partial charge >= 0.3 is 6.09 Å². The van der Waals surface area contributed by atoms with Gasteiger partial charge in [0, 0.05) is 11.0 Å². The number of alkyl carbamates (subject to hydrolysis) is 1. The third-order valence-corrected chi connectivity index (χ3v) is 5.74. The first-order valence-corrected chi connectivity index (χ1v) is 10.0. The van der Waals surface area contributed by atoms with Crippen molar-refractivity contribution in [1.29, 1.82) is 0 Å². The number of imidazole rings is 1. The van der Waals surface area contributed by atoms with Crippen LogP contribution in [-0.4, -0.2) is 46.6 Å². The molecule has 0 radical (unpaired) electrons. The molecule has 1 saturated heterocycles. The van der Waals surface area contributed by atoms with Gasteiger partial charge in [-0.1, -0.05) is 36.2 Å². The monoisotopic (exact) mass is 436 g/mol. The van der Waals surface area contributed by atoms with E-state index >= 15 is 0 Å². The molecule has 0 unspecified atom stereocenters. The number of amides is 2. The van der Waals surface area contributed by atoms with Gasteiger partial charge in [-0.15, -0.1) is 0 Å². The number of carbonyl (C=O) groups is 2. The lowest BCUT2D eigenvalue weighted by Gasteiger charge is -2.30. The van der Waals surface area contributed by atoms with Crippen LogP contribution < -0.4 is 5.32 Å². The first-order chi connectivity index (χ1) is 12.9. The first-order valence-electron chi connectivity index (χ1n) is 9.24. The second kappa shape index (κ2) is 8.29. The highest BCUT2D eigenvalue weighted by Crippen LogP contribution is 2.33. The largest absolute Gasteiger partial charge is 0.453 e. The van der Waals surface area contributed by atoms with Crippen molar-refractivity contribution in [2.24, 2.45) is 5.92 Å². The lowest BCUT2D eigenvalue weighted by Crippen LogP contribution is -2.51. The van der Waals surface area contributed by atoms with E-state index in [2.05, 4.69) is 31.2 Å². The highest BCUT2D eigenvalue weighted by atomic mass is 79.9. The second-order valence-corrected chi connectivity index (χ2v) is 7.89. The lowest BCUT2D eigenvalue weighted by atomic mass is 9.97. The summed E-state index contributed by atoms with van der Waals surface area (Å²) in [5.41, 5.74) is 1.81. The van der Waals surface area contributed by atoms with E-state index in [9.17, 15) is 9.59 Å². The van der Waals surface area contributed by atoms with E-state index in [1.54, 1.807) is 0 Å². The number of ether oxygens (including phenoxy) is 1. The van der Waals surface area contributed by atoms with Crippen molar-refractivity contribution < 1.29 is 14.3 Å². The molecule has 0 spiro atoms. The van der Waals surface area contributed by atoms with Gasteiger partial charge in [0.05, 0.1) is 24.2 Å². The van der Waals surface area contributed by atoms with Gasteiger partial charge in [-0.05, 0) is 37.0 Å². The van der Waals surface area contributed by atoms with Gasteiger partial charge in [-0.25, -0.2) is 9.78 Å². The van der Waals surface area contributed by atoms with Crippen LogP contribution in [0.3, 0.4) is 0 Å². The van der Waals surface area contributed by atoms with Gasteiger partial charge in [0.2, 0.25) is 5.91 Å². The number of H-pyrrole nitrogens is 1. The van der Waals surface area contributed by atoms with Gasteiger partial charge in [0.25, 0.3) is 0 Å². The molecule has 1 fully saturated rings. The number of fused-ring (bicyclic) bond motifs is 1. The zero-order valence-corrected chi connectivity index (χ0v) is 17.4. The number of nitrogens with zero attached hydrogens (tertiary/aromatic N) is 2. The van der Waals surface area contributed by atoms with Gasteiger partial charge in [0.1, 0.15) is 11.9 Å². The fourth-order valence-corrected chi connectivity index (χ4v) is 3.88. The molecule has 0 aliphatic carbocycles. The molecule has 0 bridgehead atoms. The SMILES string of the molecule is CC[C@H](C)[C@@H](NC(=O)OC)C(=O)N1CCC[C@@H]1c1nc2ccc(Br)cc2[nH]1. The van der Waals surface area contributed by atoms with Gasteiger partial charge < -0.3 is 19.9 Å². The minimum Gasteiger partial charge on any atom is -0.453 e. The Kier molecular flexibility index (Phi) is 6.04. The van der Waals surface area contributed by atoms with Crippen LogP contribution in [0.2, 0.25) is 0 Å². The molecule has 0 saturated carbocycles. The molecule has 1 aromatic carbocycles. The quantitative estimate of drug-likeness (QED) is 0.746. The van der Waals surface area contributed by atoms with Crippen LogP contribution in [0.5, 0.6) is 0 Å². The Labute approximate surface area is 167 Å². The number of carbonyl (C=O) groups excluding carboxylic acids is 2. The smallest absolute Gasteiger partial charge is 0.407 e. The average Bonchev–Trinajstić information content (AvgIpc) is 3.30. The van der Waals surface area contributed by atoms with E-state index in [4.69, 9.17) is 4.74 Å². The summed E-state index contributed by atoms with van der Waals surface area (Å²) in [6, 6.07) is 5.15. The number of aromatic nitrogens is 2. The van der Waals surface area contributed by atoms with E-state index in [1.807, 2.05) is 36.9 Å². The summed E-state index contributed by atoms with van der Waals surface area (Å²) in [7, 11) is 1.30. The van der Waals surface area contributed by atoms with Crippen molar-refractivity contribution in [3.05, 3.63) is 28.5 Å². The maximum Gasteiger partial charge on any atom is 0.407 e. The molecule has 27 heavy (non-hydrogen) atoms. The first kappa shape index (κ1) is 19.7. The van der Waals surface area contributed by atoms with Crippen LogP contribution >= 0.6 is 15.9 Å². The predicted octanol–water partition coefficient (Wildman–Crippen LogP) is 3.76. The summed E-state index contributed by atoms with van der Waals surface area (Å²) in [6.45, 7) is 4.62. The number of hydrogen-bond donors (Lipinski definition) is 2. The Morgan fingerprint density at radius 2 is 2.26 bits per heavy atom. The molecule has 8 heteroatoms. The molecular formula is C19H25BrN4O3. The van der Waals surface area contributed by atoms with E-state index in [0.717, 1.165) is 40.6 Å². The van der Waals surface area contributed by atoms with Gasteiger partial charge in [-0.3, -0.25) is 4.79 Å². The van der Waals surface area contributed by atoms with E-state index < -0.39 is 12.1 Å². The van der Waals surface area contributed by atoms with E-state index in [-0.39, 0.29) is 17.9 Å². The maximum atomic E-state index is 13.3. The summed E-state index contributed by atoms with van der Waals surface area (Å²) >= 11 is 3.47. The molecule has 1 aliphatic heterocycles. The molecule has 1 aromatic heterocycles. The number of likely N-dealkylation sites (tertiary alicyclic amines) is 1. The number of benzene rings is 1. The second-order valence-electron chi connectivity index (χ2n) is 6.97. The molecule has 7 nitrogen and oxygen atoms in total. The van der Waals surface area contributed by atoms with Crippen molar-refractivity contribution >= 4 is 39.0 Å². The summed E-state index contributed by atoms with van der Waals surface area (Å²) in [4.78, 5) is 34.9. The molecular weight excluding hydrogens is 412 g/mol. The molecule has 3 rings (SSSR count). The van der Waals surface area contributed by atoms with Crippen molar-refractivity contribution in [3.63, 3.8) is 0 Å². The van der Waals surface area contributed by atoms with Crippen LogP contribution in [0.1, 0.15) is 45.0 Å². The van der Waals surface area contributed by atoms with Gasteiger partial charge in [0.15, 0.2) is 0 Å². The number of methoxy groups -OCH3 is 1. The number of halogens is 1. The number of aromatic amines is 1. The summed E-state index contributed by atoms with van der Waals surface area (Å²) in [6.07, 6.45) is 1.94. The molecule has 146 valence electrons. The van der Waals surface area contributed by atoms with Crippen molar-refractivity contribution in [1.82, 2.24) is 20.2 Å². The van der Waals surface area contributed by atoms with Crippen LogP contribution in [-0.2, 0) is 9.53 Å². The summed E-state index contributed by atoms with van der Waals surface area (Å²) in [5.74, 6) is 0.707. The van der Waals surface area contributed by atoms with Gasteiger partial charge in [-0.2, -0.15) is 0 Å². The minimum absolute atomic E-state index is 0.00415. The van der Waals surface area contributed by atoms with Crippen molar-refractivity contribution in [3.8, 4) is 0 Å². The van der Waals surface area contributed by atoms with Crippen LogP contribution in [0.25, 0.3) is 11.0 Å². The summed E-state index contributed by atoms with van der Waals surface area (Å²) in [5, 5.41) is 2.71. The van der Waals surface area contributed by atoms with E-state index in [0.29, 0.717) is 6.54 Å². The van der Waals surface area contributed by atoms with Crippen molar-refractivity contribution in [2.75, 3.05) is 13.7 Å². The fourth-order valence-electron chi connectivity index (χ4n) is 3.52. The molecule has 3 atom stereocenters. The molecule has 2 amide bonds. The molecule has 1 aliphatic rings. The van der Waals surface area contributed by atoms with Crippen LogP contribution in [0.4, 0.5) is 4.79 Å².